The number of aromatic amines is 1. The first-order valence-corrected chi connectivity index (χ1v) is 9.27. The largest absolute Gasteiger partial charge is 0.454 e. The molecule has 0 aliphatic carbocycles. The zero-order valence-corrected chi connectivity index (χ0v) is 16.3. The van der Waals surface area contributed by atoms with Crippen LogP contribution < -0.4 is 10.6 Å². The van der Waals surface area contributed by atoms with Crippen molar-refractivity contribution in [3.8, 4) is 0 Å². The summed E-state index contributed by atoms with van der Waals surface area (Å²) in [6.45, 7) is 2.81. The summed E-state index contributed by atoms with van der Waals surface area (Å²) in [5, 5.41) is 6.25. The Morgan fingerprint density at radius 2 is 1.90 bits per heavy atom. The molecule has 0 aliphatic rings. The number of hydrogen-bond acceptors (Lipinski definition) is 4. The van der Waals surface area contributed by atoms with Gasteiger partial charge in [0.1, 0.15) is 6.04 Å². The third-order valence-corrected chi connectivity index (χ3v) is 4.41. The highest BCUT2D eigenvalue weighted by molar-refractivity contribution is 5.93. The molecule has 150 valence electrons. The number of carbonyl (C=O) groups excluding carboxylic acids is 3. The number of para-hydroxylation sites is 1. The quantitative estimate of drug-likeness (QED) is 0.537. The summed E-state index contributed by atoms with van der Waals surface area (Å²) in [7, 11) is 0. The summed E-state index contributed by atoms with van der Waals surface area (Å²) in [5.74, 6) is -1.46. The van der Waals surface area contributed by atoms with Gasteiger partial charge in [0.05, 0.1) is 0 Å². The maximum atomic E-state index is 12.5. The predicted octanol–water partition coefficient (Wildman–Crippen LogP) is 2.71. The van der Waals surface area contributed by atoms with E-state index in [-0.39, 0.29) is 12.3 Å². The summed E-state index contributed by atoms with van der Waals surface area (Å²) in [4.78, 5) is 39.3. The second-order valence-electron chi connectivity index (χ2n) is 6.84. The monoisotopic (exact) mass is 393 g/mol. The molecule has 0 saturated heterocycles. The lowest BCUT2D eigenvalue weighted by Gasteiger charge is -2.16. The second-order valence-corrected chi connectivity index (χ2v) is 6.84. The SMILES string of the molecule is CC(=O)NC(Cc1c[nH]c2ccccc12)C(=O)OCC(=O)Nc1cccc(C)c1. The van der Waals surface area contributed by atoms with E-state index in [0.717, 1.165) is 22.0 Å². The van der Waals surface area contributed by atoms with E-state index in [4.69, 9.17) is 4.74 Å². The van der Waals surface area contributed by atoms with E-state index >= 15 is 0 Å². The molecule has 1 unspecified atom stereocenters. The molecule has 0 bridgehead atoms. The van der Waals surface area contributed by atoms with Crippen LogP contribution in [0.4, 0.5) is 5.69 Å². The summed E-state index contributed by atoms with van der Waals surface area (Å²) in [6.07, 6.45) is 2.05. The fourth-order valence-electron chi connectivity index (χ4n) is 3.12. The number of esters is 1. The Bertz CT molecular complexity index is 1040. The van der Waals surface area contributed by atoms with Gasteiger partial charge in [0.15, 0.2) is 6.61 Å². The molecule has 7 nitrogen and oxygen atoms in total. The Kier molecular flexibility index (Phi) is 6.29. The van der Waals surface area contributed by atoms with E-state index in [1.165, 1.54) is 6.92 Å². The molecule has 0 spiro atoms. The molecule has 0 fully saturated rings. The number of rotatable bonds is 7. The highest BCUT2D eigenvalue weighted by atomic mass is 16.5. The standard InChI is InChI=1S/C22H23N3O4/c1-14-6-5-7-17(10-14)25-21(27)13-29-22(28)20(24-15(2)26)11-16-12-23-19-9-4-3-8-18(16)19/h3-10,12,20,23H,11,13H2,1-2H3,(H,24,26)(H,25,27). The summed E-state index contributed by atoms with van der Waals surface area (Å²) < 4.78 is 5.15. The molecule has 3 rings (SSSR count). The Labute approximate surface area is 168 Å². The first-order valence-electron chi connectivity index (χ1n) is 9.27. The number of fused-ring (bicyclic) bond motifs is 1. The van der Waals surface area contributed by atoms with Crippen molar-refractivity contribution < 1.29 is 19.1 Å². The number of amides is 2. The fraction of sp³-hybridized carbons (Fsp3) is 0.227. The minimum absolute atomic E-state index is 0.252. The van der Waals surface area contributed by atoms with Crippen molar-refractivity contribution in [3.05, 3.63) is 65.9 Å². The molecule has 2 amide bonds. The van der Waals surface area contributed by atoms with Gasteiger partial charge in [0.2, 0.25) is 5.91 Å². The van der Waals surface area contributed by atoms with E-state index in [1.54, 1.807) is 12.3 Å². The molecule has 1 heterocycles. The van der Waals surface area contributed by atoms with Crippen molar-refractivity contribution in [2.75, 3.05) is 11.9 Å². The molecule has 1 atom stereocenters. The van der Waals surface area contributed by atoms with Gasteiger partial charge >= 0.3 is 5.97 Å². The molecular formula is C22H23N3O4. The number of ether oxygens (including phenoxy) is 1. The minimum Gasteiger partial charge on any atom is -0.454 e. The van der Waals surface area contributed by atoms with E-state index < -0.39 is 24.5 Å². The molecule has 1 aromatic heterocycles. The lowest BCUT2D eigenvalue weighted by atomic mass is 10.0. The van der Waals surface area contributed by atoms with Crippen LogP contribution in [0.25, 0.3) is 10.9 Å². The van der Waals surface area contributed by atoms with Gasteiger partial charge in [-0.05, 0) is 36.2 Å². The first-order chi connectivity index (χ1) is 13.9. The summed E-state index contributed by atoms with van der Waals surface area (Å²) in [6, 6.07) is 14.1. The van der Waals surface area contributed by atoms with Gasteiger partial charge in [-0.3, -0.25) is 9.59 Å². The number of nitrogens with one attached hydrogen (secondary N) is 3. The number of carbonyl (C=O) groups is 3. The van der Waals surface area contributed by atoms with E-state index in [0.29, 0.717) is 5.69 Å². The Hall–Kier alpha value is -3.61. The van der Waals surface area contributed by atoms with Gasteiger partial charge in [-0.15, -0.1) is 0 Å². The number of benzene rings is 2. The molecule has 0 radical (unpaired) electrons. The van der Waals surface area contributed by atoms with Crippen molar-refractivity contribution >= 4 is 34.4 Å². The van der Waals surface area contributed by atoms with Gasteiger partial charge in [0, 0.05) is 36.1 Å². The third kappa shape index (κ3) is 5.44. The normalized spacial score (nSPS) is 11.7. The van der Waals surface area contributed by atoms with Crippen molar-refractivity contribution in [1.29, 1.82) is 0 Å². The Morgan fingerprint density at radius 1 is 1.10 bits per heavy atom. The zero-order valence-electron chi connectivity index (χ0n) is 16.3. The van der Waals surface area contributed by atoms with Crippen LogP contribution in [0.15, 0.2) is 54.7 Å². The molecule has 2 aromatic carbocycles. The molecule has 29 heavy (non-hydrogen) atoms. The molecule has 3 aromatic rings. The molecule has 0 saturated carbocycles. The predicted molar refractivity (Wildman–Crippen MR) is 110 cm³/mol. The highest BCUT2D eigenvalue weighted by Crippen LogP contribution is 2.19. The molecular weight excluding hydrogens is 370 g/mol. The number of aryl methyl sites for hydroxylation is 1. The van der Waals surface area contributed by atoms with E-state index in [9.17, 15) is 14.4 Å². The van der Waals surface area contributed by atoms with Crippen LogP contribution in [0.1, 0.15) is 18.1 Å². The van der Waals surface area contributed by atoms with Crippen molar-refractivity contribution in [1.82, 2.24) is 10.3 Å². The van der Waals surface area contributed by atoms with Gasteiger partial charge in [-0.2, -0.15) is 0 Å². The molecule has 0 aliphatic heterocycles. The average Bonchev–Trinajstić information content (AvgIpc) is 3.08. The van der Waals surface area contributed by atoms with Crippen LogP contribution in [0.3, 0.4) is 0 Å². The van der Waals surface area contributed by atoms with Crippen molar-refractivity contribution in [2.24, 2.45) is 0 Å². The number of hydrogen-bond donors (Lipinski definition) is 3. The molecule has 3 N–H and O–H groups in total. The molecule has 7 heteroatoms. The number of H-pyrrole nitrogens is 1. The lowest BCUT2D eigenvalue weighted by Crippen LogP contribution is -2.43. The maximum absolute atomic E-state index is 12.5. The number of anilines is 1. The van der Waals surface area contributed by atoms with Crippen LogP contribution in [0, 0.1) is 6.92 Å². The second kappa shape index (κ2) is 9.05. The summed E-state index contributed by atoms with van der Waals surface area (Å²) >= 11 is 0. The van der Waals surface area contributed by atoms with Crippen molar-refractivity contribution in [3.63, 3.8) is 0 Å². The third-order valence-electron chi connectivity index (χ3n) is 4.41. The highest BCUT2D eigenvalue weighted by Gasteiger charge is 2.23. The first kappa shape index (κ1) is 20.1. The maximum Gasteiger partial charge on any atom is 0.329 e. The summed E-state index contributed by atoms with van der Waals surface area (Å²) in [5.41, 5.74) is 3.45. The van der Waals surface area contributed by atoms with Crippen molar-refractivity contribution in [2.45, 2.75) is 26.3 Å². The van der Waals surface area contributed by atoms with Crippen LogP contribution >= 0.6 is 0 Å². The van der Waals surface area contributed by atoms with Crippen LogP contribution in [0.5, 0.6) is 0 Å². The van der Waals surface area contributed by atoms with Crippen LogP contribution in [0.2, 0.25) is 0 Å². The van der Waals surface area contributed by atoms with E-state index in [1.807, 2.05) is 49.4 Å². The fourth-order valence-corrected chi connectivity index (χ4v) is 3.12. The van der Waals surface area contributed by atoms with Crippen LogP contribution in [-0.4, -0.2) is 35.4 Å². The van der Waals surface area contributed by atoms with Gasteiger partial charge < -0.3 is 20.4 Å². The topological polar surface area (TPSA) is 100 Å². The minimum atomic E-state index is -0.890. The number of aromatic nitrogens is 1. The zero-order chi connectivity index (χ0) is 20.8. The van der Waals surface area contributed by atoms with Gasteiger partial charge in [0.25, 0.3) is 5.91 Å². The van der Waals surface area contributed by atoms with Gasteiger partial charge in [-0.25, -0.2) is 4.79 Å². The lowest BCUT2D eigenvalue weighted by molar-refractivity contribution is -0.150. The Balaban J connectivity index is 1.63. The average molecular weight is 393 g/mol. The van der Waals surface area contributed by atoms with Crippen LogP contribution in [-0.2, 0) is 25.5 Å². The smallest absolute Gasteiger partial charge is 0.329 e. The van der Waals surface area contributed by atoms with Gasteiger partial charge in [-0.1, -0.05) is 30.3 Å². The van der Waals surface area contributed by atoms with E-state index in [2.05, 4.69) is 15.6 Å². The Morgan fingerprint density at radius 3 is 2.66 bits per heavy atom.